The highest BCUT2D eigenvalue weighted by Gasteiger charge is 2.34. The number of aryl methyl sites for hydroxylation is 1. The topological polar surface area (TPSA) is 9.23 Å². The predicted octanol–water partition coefficient (Wildman–Crippen LogP) is 8.20. The lowest BCUT2D eigenvalue weighted by Crippen LogP contribution is -2.19. The molecule has 0 spiro atoms. The molecule has 0 heterocycles. The number of rotatable bonds is 8. The Morgan fingerprint density at radius 2 is 1.53 bits per heavy atom. The van der Waals surface area contributed by atoms with Crippen molar-refractivity contribution in [1.82, 2.24) is 0 Å². The molecule has 0 aliphatic carbocycles. The summed E-state index contributed by atoms with van der Waals surface area (Å²) in [5.74, 6) is -4.25. The first-order chi connectivity index (χ1) is 14.3. The molecule has 160 valence electrons. The van der Waals surface area contributed by atoms with Crippen molar-refractivity contribution < 1.29 is 26.7 Å². The van der Waals surface area contributed by atoms with E-state index < -0.39 is 23.7 Å². The van der Waals surface area contributed by atoms with Gasteiger partial charge in [0.1, 0.15) is 0 Å². The van der Waals surface area contributed by atoms with Gasteiger partial charge in [0.2, 0.25) is 5.75 Å². The van der Waals surface area contributed by atoms with Gasteiger partial charge in [-0.15, -0.1) is 13.2 Å². The van der Waals surface area contributed by atoms with Crippen molar-refractivity contribution in [3.05, 3.63) is 65.7 Å². The minimum Gasteiger partial charge on any atom is -0.399 e. The van der Waals surface area contributed by atoms with E-state index in [1.165, 1.54) is 31.2 Å². The van der Waals surface area contributed by atoms with Crippen LogP contribution in [0.1, 0.15) is 44.6 Å². The molecule has 0 aliphatic heterocycles. The molecule has 3 aromatic rings. The zero-order valence-corrected chi connectivity index (χ0v) is 16.7. The fourth-order valence-corrected chi connectivity index (χ4v) is 3.60. The highest BCUT2D eigenvalue weighted by molar-refractivity contribution is 5.97. The molecule has 0 saturated carbocycles. The van der Waals surface area contributed by atoms with Crippen LogP contribution in [-0.2, 0) is 6.42 Å². The zero-order chi connectivity index (χ0) is 21.7. The van der Waals surface area contributed by atoms with Gasteiger partial charge in [-0.05, 0) is 52.4 Å². The molecule has 3 rings (SSSR count). The maximum atomic E-state index is 14.2. The lowest BCUT2D eigenvalue weighted by atomic mass is 9.95. The maximum Gasteiger partial charge on any atom is 0.573 e. The van der Waals surface area contributed by atoms with E-state index in [2.05, 4.69) is 11.7 Å². The Bertz CT molecular complexity index is 987. The second-order valence-corrected chi connectivity index (χ2v) is 7.34. The van der Waals surface area contributed by atoms with Crippen molar-refractivity contribution in [2.45, 2.75) is 51.8 Å². The molecule has 1 nitrogen and oxygen atoms in total. The van der Waals surface area contributed by atoms with Crippen LogP contribution in [0.4, 0.5) is 22.0 Å². The van der Waals surface area contributed by atoms with Crippen LogP contribution in [0.5, 0.6) is 5.75 Å². The van der Waals surface area contributed by atoms with E-state index in [1.54, 1.807) is 12.1 Å². The molecule has 0 N–H and O–H groups in total. The number of benzene rings is 3. The Morgan fingerprint density at radius 1 is 0.833 bits per heavy atom. The Balaban J connectivity index is 1.88. The van der Waals surface area contributed by atoms with Crippen LogP contribution >= 0.6 is 0 Å². The van der Waals surface area contributed by atoms with Crippen LogP contribution in [0.3, 0.4) is 0 Å². The summed E-state index contributed by atoms with van der Waals surface area (Å²) in [5.41, 5.74) is 1.87. The van der Waals surface area contributed by atoms with Gasteiger partial charge in [-0.1, -0.05) is 69.0 Å². The average Bonchev–Trinajstić information content (AvgIpc) is 2.69. The van der Waals surface area contributed by atoms with Crippen molar-refractivity contribution in [1.29, 1.82) is 0 Å². The molecule has 0 atom stereocenters. The molecule has 3 aromatic carbocycles. The van der Waals surface area contributed by atoms with Crippen molar-refractivity contribution in [3.8, 4) is 16.9 Å². The number of fused-ring (bicyclic) bond motifs is 1. The molecule has 0 saturated heterocycles. The van der Waals surface area contributed by atoms with Crippen molar-refractivity contribution in [2.75, 3.05) is 0 Å². The van der Waals surface area contributed by atoms with Gasteiger partial charge in [-0.2, -0.15) is 0 Å². The molecule has 0 unspecified atom stereocenters. The smallest absolute Gasteiger partial charge is 0.399 e. The SMILES string of the molecule is CCCCCCCc1ccc2c(-c3cc(F)c(OC(F)(F)F)c(F)c3)cccc2c1. The van der Waals surface area contributed by atoms with E-state index >= 15 is 0 Å². The second kappa shape index (κ2) is 9.45. The fraction of sp³-hybridized carbons (Fsp3) is 0.333. The Hall–Kier alpha value is -2.63. The van der Waals surface area contributed by atoms with Gasteiger partial charge in [0, 0.05) is 0 Å². The molecular formula is C24H23F5O. The molecule has 30 heavy (non-hydrogen) atoms. The first-order valence-electron chi connectivity index (χ1n) is 10.1. The first-order valence-corrected chi connectivity index (χ1v) is 10.1. The third-order valence-electron chi connectivity index (χ3n) is 5.04. The number of hydrogen-bond acceptors (Lipinski definition) is 1. The number of ether oxygens (including phenoxy) is 1. The van der Waals surface area contributed by atoms with Crippen LogP contribution in [0.25, 0.3) is 21.9 Å². The summed E-state index contributed by atoms with van der Waals surface area (Å²) in [6.45, 7) is 2.18. The van der Waals surface area contributed by atoms with Crippen molar-refractivity contribution >= 4 is 10.8 Å². The Labute approximate surface area is 172 Å². The lowest BCUT2D eigenvalue weighted by Gasteiger charge is -2.13. The summed E-state index contributed by atoms with van der Waals surface area (Å²) in [6.07, 6.45) is 1.72. The van der Waals surface area contributed by atoms with E-state index in [1.807, 2.05) is 24.3 Å². The predicted molar refractivity (Wildman–Crippen MR) is 108 cm³/mol. The molecule has 0 amide bonds. The van der Waals surface area contributed by atoms with Crippen LogP contribution in [0, 0.1) is 11.6 Å². The van der Waals surface area contributed by atoms with Gasteiger partial charge < -0.3 is 4.74 Å². The lowest BCUT2D eigenvalue weighted by molar-refractivity contribution is -0.276. The molecule has 0 fully saturated rings. The van der Waals surface area contributed by atoms with E-state index in [0.29, 0.717) is 5.56 Å². The summed E-state index contributed by atoms with van der Waals surface area (Å²) >= 11 is 0. The van der Waals surface area contributed by atoms with Crippen LogP contribution in [-0.4, -0.2) is 6.36 Å². The van der Waals surface area contributed by atoms with E-state index in [4.69, 9.17) is 0 Å². The van der Waals surface area contributed by atoms with Crippen molar-refractivity contribution in [2.24, 2.45) is 0 Å². The molecule has 6 heteroatoms. The van der Waals surface area contributed by atoms with Crippen LogP contribution in [0.15, 0.2) is 48.5 Å². The van der Waals surface area contributed by atoms with Gasteiger partial charge in [0.05, 0.1) is 0 Å². The minimum absolute atomic E-state index is 0.150. The van der Waals surface area contributed by atoms with Gasteiger partial charge in [-0.25, -0.2) is 8.78 Å². The van der Waals surface area contributed by atoms with E-state index in [0.717, 1.165) is 35.7 Å². The fourth-order valence-electron chi connectivity index (χ4n) is 3.60. The molecule has 0 aromatic heterocycles. The van der Waals surface area contributed by atoms with Gasteiger partial charge in [0.25, 0.3) is 0 Å². The zero-order valence-electron chi connectivity index (χ0n) is 16.7. The number of hydrogen-bond donors (Lipinski definition) is 0. The Kier molecular flexibility index (Phi) is 6.95. The van der Waals surface area contributed by atoms with Gasteiger partial charge in [0.15, 0.2) is 11.6 Å². The monoisotopic (exact) mass is 422 g/mol. The van der Waals surface area contributed by atoms with Crippen LogP contribution < -0.4 is 4.74 Å². The summed E-state index contributed by atoms with van der Waals surface area (Å²) in [4.78, 5) is 0. The van der Waals surface area contributed by atoms with E-state index in [9.17, 15) is 22.0 Å². The highest BCUT2D eigenvalue weighted by atomic mass is 19.4. The average molecular weight is 422 g/mol. The Morgan fingerprint density at radius 3 is 2.20 bits per heavy atom. The quantitative estimate of drug-likeness (QED) is 0.263. The molecule has 0 radical (unpaired) electrons. The third kappa shape index (κ3) is 5.49. The molecular weight excluding hydrogens is 399 g/mol. The number of halogens is 5. The molecule has 0 bridgehead atoms. The maximum absolute atomic E-state index is 14.2. The van der Waals surface area contributed by atoms with Crippen molar-refractivity contribution in [3.63, 3.8) is 0 Å². The normalized spacial score (nSPS) is 11.8. The summed E-state index contributed by atoms with van der Waals surface area (Å²) < 4.78 is 68.9. The molecule has 0 aliphatic rings. The third-order valence-corrected chi connectivity index (χ3v) is 5.04. The van der Waals surface area contributed by atoms with E-state index in [-0.39, 0.29) is 5.56 Å². The van der Waals surface area contributed by atoms with Gasteiger partial charge >= 0.3 is 6.36 Å². The van der Waals surface area contributed by atoms with Gasteiger partial charge in [-0.3, -0.25) is 0 Å². The minimum atomic E-state index is -5.17. The number of unbranched alkanes of at least 4 members (excludes halogenated alkanes) is 4. The summed E-state index contributed by atoms with van der Waals surface area (Å²) in [7, 11) is 0. The van der Waals surface area contributed by atoms with Crippen LogP contribution in [0.2, 0.25) is 0 Å². The summed E-state index contributed by atoms with van der Waals surface area (Å²) in [5, 5.41) is 1.69. The first kappa shape index (κ1) is 22.1. The highest BCUT2D eigenvalue weighted by Crippen LogP contribution is 2.35. The largest absolute Gasteiger partial charge is 0.573 e. The standard InChI is InChI=1S/C24H23F5O/c1-2-3-4-5-6-8-16-11-12-20-17(13-16)9-7-10-19(20)18-14-21(25)23(22(26)15-18)30-24(27,28)29/h7,9-15H,2-6,8H2,1H3. The second-order valence-electron chi connectivity index (χ2n) is 7.34. The summed E-state index contributed by atoms with van der Waals surface area (Å²) in [6, 6.07) is 13.0. The number of alkyl halides is 3.